The Hall–Kier alpha value is -3.96. The zero-order chi connectivity index (χ0) is 25.8. The molecule has 1 aromatic carbocycles. The molecule has 0 unspecified atom stereocenters. The number of carbonyl (C=O) groups is 2. The highest BCUT2D eigenvalue weighted by Gasteiger charge is 2.18. The monoisotopic (exact) mass is 527 g/mol. The number of ether oxygens (including phenoxy) is 1. The predicted octanol–water partition coefficient (Wildman–Crippen LogP) is 2.18. The summed E-state index contributed by atoms with van der Waals surface area (Å²) in [5.41, 5.74) is 0.0891. The van der Waals surface area contributed by atoms with Gasteiger partial charge in [-0.3, -0.25) is 23.5 Å². The molecule has 0 saturated carbocycles. The van der Waals surface area contributed by atoms with Gasteiger partial charge in [-0.05, 0) is 35.9 Å². The molecule has 0 atom stereocenters. The van der Waals surface area contributed by atoms with E-state index in [2.05, 4.69) is 15.6 Å². The molecular weight excluding hydrogens is 506 g/mol. The fourth-order valence-electron chi connectivity index (χ4n) is 3.54. The molecule has 0 saturated heterocycles. The molecule has 4 rings (SSSR count). The lowest BCUT2D eigenvalue weighted by atomic mass is 10.2. The van der Waals surface area contributed by atoms with Gasteiger partial charge < -0.3 is 15.4 Å². The summed E-state index contributed by atoms with van der Waals surface area (Å²) in [5, 5.41) is 5.99. The third-order valence-corrected chi connectivity index (χ3v) is 6.87. The van der Waals surface area contributed by atoms with Crippen molar-refractivity contribution in [3.8, 4) is 5.75 Å². The van der Waals surface area contributed by atoms with Crippen LogP contribution in [-0.4, -0.2) is 39.6 Å². The van der Waals surface area contributed by atoms with Gasteiger partial charge >= 0.3 is 5.69 Å². The van der Waals surface area contributed by atoms with Gasteiger partial charge in [-0.15, -0.1) is 11.3 Å². The highest BCUT2D eigenvalue weighted by atomic mass is 35.5. The summed E-state index contributed by atoms with van der Waals surface area (Å²) in [6.07, 6.45) is 1.33. The number of nitrogens with zero attached hydrogens (tertiary/aromatic N) is 3. The highest BCUT2D eigenvalue weighted by Crippen LogP contribution is 2.22. The first-order valence-corrected chi connectivity index (χ1v) is 12.0. The maximum absolute atomic E-state index is 13.0. The topological polar surface area (TPSA) is 124 Å². The van der Waals surface area contributed by atoms with Crippen molar-refractivity contribution in [3.63, 3.8) is 0 Å². The Morgan fingerprint density at radius 2 is 1.92 bits per heavy atom. The lowest BCUT2D eigenvalue weighted by Crippen LogP contribution is -2.41. The minimum atomic E-state index is -0.542. The first-order chi connectivity index (χ1) is 17.3. The molecule has 10 nitrogen and oxygen atoms in total. The third kappa shape index (κ3) is 5.31. The van der Waals surface area contributed by atoms with Crippen molar-refractivity contribution in [3.05, 3.63) is 90.7 Å². The molecular formula is C24H22ClN5O5S. The van der Waals surface area contributed by atoms with E-state index >= 15 is 0 Å². The summed E-state index contributed by atoms with van der Waals surface area (Å²) >= 11 is 6.79. The molecule has 0 fully saturated rings. The van der Waals surface area contributed by atoms with Crippen LogP contribution in [0.4, 0.5) is 0 Å². The van der Waals surface area contributed by atoms with Crippen LogP contribution in [-0.2, 0) is 20.1 Å². The van der Waals surface area contributed by atoms with Gasteiger partial charge in [0.25, 0.3) is 17.4 Å². The fourth-order valence-corrected chi connectivity index (χ4v) is 4.67. The number of pyridine rings is 1. The molecule has 36 heavy (non-hydrogen) atoms. The molecule has 0 spiro atoms. The number of methoxy groups -OCH3 is 1. The molecule has 3 aromatic heterocycles. The number of rotatable bonds is 8. The number of halogens is 1. The predicted molar refractivity (Wildman–Crippen MR) is 137 cm³/mol. The number of hydrogen-bond acceptors (Lipinski definition) is 7. The van der Waals surface area contributed by atoms with E-state index in [1.807, 2.05) is 24.3 Å². The number of nitrogens with one attached hydrogen (secondary N) is 2. The number of aromatic nitrogens is 3. The number of amides is 2. The van der Waals surface area contributed by atoms with E-state index in [9.17, 15) is 19.2 Å². The SMILES string of the molecule is COc1cccc(CNC(=O)c2cc3c(=O)n(CCNC(=O)c4ccc(Cl)nc4)c(=O)n(C)c3s2)c1. The summed E-state index contributed by atoms with van der Waals surface area (Å²) in [7, 11) is 3.10. The zero-order valence-corrected chi connectivity index (χ0v) is 21.0. The van der Waals surface area contributed by atoms with E-state index in [4.69, 9.17) is 16.3 Å². The molecule has 2 N–H and O–H groups in total. The zero-order valence-electron chi connectivity index (χ0n) is 19.4. The summed E-state index contributed by atoms with van der Waals surface area (Å²) in [6, 6.07) is 11.8. The van der Waals surface area contributed by atoms with Crippen LogP contribution in [0.15, 0.2) is 58.3 Å². The molecule has 12 heteroatoms. The lowest BCUT2D eigenvalue weighted by molar-refractivity contribution is 0.0945. The van der Waals surface area contributed by atoms with Gasteiger partial charge in [-0.1, -0.05) is 23.7 Å². The van der Waals surface area contributed by atoms with Crippen molar-refractivity contribution in [2.75, 3.05) is 13.7 Å². The minimum Gasteiger partial charge on any atom is -0.497 e. The Morgan fingerprint density at radius 1 is 1.11 bits per heavy atom. The average Bonchev–Trinajstić information content (AvgIpc) is 3.34. The first-order valence-electron chi connectivity index (χ1n) is 10.8. The van der Waals surface area contributed by atoms with Crippen LogP contribution in [0.25, 0.3) is 10.2 Å². The number of hydrogen-bond donors (Lipinski definition) is 2. The second-order valence-corrected chi connectivity index (χ2v) is 9.21. The Balaban J connectivity index is 1.49. The molecule has 0 aliphatic heterocycles. The van der Waals surface area contributed by atoms with Gasteiger partial charge in [0.2, 0.25) is 0 Å². The average molecular weight is 528 g/mol. The van der Waals surface area contributed by atoms with E-state index in [0.29, 0.717) is 21.0 Å². The van der Waals surface area contributed by atoms with Crippen LogP contribution in [0.1, 0.15) is 25.6 Å². The van der Waals surface area contributed by atoms with Crippen LogP contribution in [0.5, 0.6) is 5.75 Å². The van der Waals surface area contributed by atoms with Gasteiger partial charge in [0, 0.05) is 32.9 Å². The van der Waals surface area contributed by atoms with Crippen molar-refractivity contribution >= 4 is 45.0 Å². The summed E-state index contributed by atoms with van der Waals surface area (Å²) in [6.45, 7) is 0.276. The molecule has 4 aromatic rings. The standard InChI is InChI=1S/C24H22ClN5O5S/c1-29-23-17(11-18(36-23)21(32)28-12-14-4-3-5-16(10-14)35-2)22(33)30(24(29)34)9-8-26-20(31)15-6-7-19(25)27-13-15/h3-7,10-11,13H,8-9,12H2,1-2H3,(H,26,31)(H,28,32). The number of fused-ring (bicyclic) bond motifs is 1. The van der Waals surface area contributed by atoms with E-state index in [1.54, 1.807) is 7.11 Å². The quantitative estimate of drug-likeness (QED) is 0.338. The molecule has 0 bridgehead atoms. The van der Waals surface area contributed by atoms with E-state index in [-0.39, 0.29) is 36.1 Å². The Labute approximate surface area is 214 Å². The van der Waals surface area contributed by atoms with Gasteiger partial charge in [-0.2, -0.15) is 0 Å². The molecule has 0 aliphatic rings. The van der Waals surface area contributed by atoms with E-state index < -0.39 is 17.2 Å². The summed E-state index contributed by atoms with van der Waals surface area (Å²) in [5.74, 6) is -0.0860. The smallest absolute Gasteiger partial charge is 0.331 e. The van der Waals surface area contributed by atoms with Crippen LogP contribution in [0.3, 0.4) is 0 Å². The number of carbonyl (C=O) groups excluding carboxylic acids is 2. The Bertz CT molecular complexity index is 1560. The molecule has 2 amide bonds. The normalized spacial score (nSPS) is 10.9. The molecule has 0 aliphatic carbocycles. The highest BCUT2D eigenvalue weighted by molar-refractivity contribution is 7.20. The van der Waals surface area contributed by atoms with Gasteiger partial charge in [-0.25, -0.2) is 9.78 Å². The minimum absolute atomic E-state index is 0.0403. The second-order valence-electron chi connectivity index (χ2n) is 7.79. The Morgan fingerprint density at radius 3 is 2.64 bits per heavy atom. The van der Waals surface area contributed by atoms with Gasteiger partial charge in [0.05, 0.1) is 22.9 Å². The van der Waals surface area contributed by atoms with Crippen LogP contribution in [0, 0.1) is 0 Å². The van der Waals surface area contributed by atoms with Crippen LogP contribution in [0.2, 0.25) is 5.15 Å². The van der Waals surface area contributed by atoms with E-state index in [0.717, 1.165) is 21.5 Å². The van der Waals surface area contributed by atoms with Crippen LogP contribution < -0.4 is 26.6 Å². The maximum atomic E-state index is 13.0. The molecule has 186 valence electrons. The molecule has 3 heterocycles. The first kappa shape index (κ1) is 25.1. The van der Waals surface area contributed by atoms with E-state index in [1.165, 1.54) is 36.0 Å². The third-order valence-electron chi connectivity index (χ3n) is 5.43. The largest absolute Gasteiger partial charge is 0.497 e. The van der Waals surface area contributed by atoms with Crippen LogP contribution >= 0.6 is 22.9 Å². The number of benzene rings is 1. The fraction of sp³-hybridized carbons (Fsp3) is 0.208. The number of aryl methyl sites for hydroxylation is 1. The summed E-state index contributed by atoms with van der Waals surface area (Å²) < 4.78 is 7.55. The Kier molecular flexibility index (Phi) is 7.51. The van der Waals surface area contributed by atoms with Gasteiger partial charge in [0.15, 0.2) is 0 Å². The van der Waals surface area contributed by atoms with Crippen molar-refractivity contribution in [2.24, 2.45) is 7.05 Å². The van der Waals surface area contributed by atoms with Crippen molar-refractivity contribution in [1.82, 2.24) is 24.8 Å². The van der Waals surface area contributed by atoms with Gasteiger partial charge in [0.1, 0.15) is 15.7 Å². The molecule has 0 radical (unpaired) electrons. The van der Waals surface area contributed by atoms with Crippen molar-refractivity contribution in [1.29, 1.82) is 0 Å². The maximum Gasteiger partial charge on any atom is 0.331 e. The second kappa shape index (κ2) is 10.8. The lowest BCUT2D eigenvalue weighted by Gasteiger charge is -2.09. The van der Waals surface area contributed by atoms with Crippen molar-refractivity contribution < 1.29 is 14.3 Å². The summed E-state index contributed by atoms with van der Waals surface area (Å²) in [4.78, 5) is 55.4. The number of thiophene rings is 1. The van der Waals surface area contributed by atoms with Crippen molar-refractivity contribution in [2.45, 2.75) is 13.1 Å².